The van der Waals surface area contributed by atoms with E-state index in [0.717, 1.165) is 22.6 Å². The Hall–Kier alpha value is -1.88. The smallest absolute Gasteiger partial charge is 0.347 e. The lowest BCUT2D eigenvalue weighted by atomic mass is 10.2. The highest BCUT2D eigenvalue weighted by Crippen LogP contribution is 2.26. The Labute approximate surface area is 96.1 Å². The van der Waals surface area contributed by atoms with Gasteiger partial charge in [0.2, 0.25) is 0 Å². The molecule has 0 aliphatic carbocycles. The van der Waals surface area contributed by atoms with Crippen LogP contribution in [0.25, 0.3) is 10.6 Å². The molecule has 2 aromatic rings. The van der Waals surface area contributed by atoms with Crippen LogP contribution in [0.5, 0.6) is 5.75 Å². The second kappa shape index (κ2) is 4.32. The minimum absolute atomic E-state index is 0.241. The van der Waals surface area contributed by atoms with Crippen molar-refractivity contribution in [1.29, 1.82) is 0 Å². The Morgan fingerprint density at radius 3 is 2.56 bits per heavy atom. The zero-order valence-electron chi connectivity index (χ0n) is 8.51. The van der Waals surface area contributed by atoms with E-state index < -0.39 is 5.97 Å². The molecule has 4 nitrogen and oxygen atoms in total. The lowest BCUT2D eigenvalue weighted by Crippen LogP contribution is -1.89. The molecule has 0 saturated carbocycles. The fourth-order valence-corrected chi connectivity index (χ4v) is 2.00. The molecule has 1 aromatic heterocycles. The lowest BCUT2D eigenvalue weighted by molar-refractivity contribution is 0.0702. The van der Waals surface area contributed by atoms with E-state index in [1.165, 1.54) is 6.20 Å². The van der Waals surface area contributed by atoms with Crippen LogP contribution >= 0.6 is 11.3 Å². The Kier molecular flexibility index (Phi) is 2.87. The highest BCUT2D eigenvalue weighted by molar-refractivity contribution is 7.16. The monoisotopic (exact) mass is 235 g/mol. The molecule has 0 spiro atoms. The Morgan fingerprint density at radius 2 is 2.06 bits per heavy atom. The minimum Gasteiger partial charge on any atom is -0.497 e. The summed E-state index contributed by atoms with van der Waals surface area (Å²) in [5.41, 5.74) is 0.887. The molecule has 0 amide bonds. The third-order valence-electron chi connectivity index (χ3n) is 2.05. The molecule has 2 rings (SSSR count). The summed E-state index contributed by atoms with van der Waals surface area (Å²) >= 11 is 1.16. The molecule has 16 heavy (non-hydrogen) atoms. The first-order valence-corrected chi connectivity index (χ1v) is 5.36. The van der Waals surface area contributed by atoms with Crippen LogP contribution in [0, 0.1) is 0 Å². The number of nitrogens with zero attached hydrogens (tertiary/aromatic N) is 1. The number of ether oxygens (including phenoxy) is 1. The number of thiazole rings is 1. The van der Waals surface area contributed by atoms with Crippen LogP contribution in [0.1, 0.15) is 9.67 Å². The molecule has 0 aliphatic rings. The van der Waals surface area contributed by atoms with Crippen LogP contribution in [0.4, 0.5) is 0 Å². The topological polar surface area (TPSA) is 59.4 Å². The fourth-order valence-electron chi connectivity index (χ4n) is 1.24. The maximum Gasteiger partial charge on any atom is 0.347 e. The van der Waals surface area contributed by atoms with Gasteiger partial charge in [0, 0.05) is 5.56 Å². The predicted molar refractivity (Wildman–Crippen MR) is 61.1 cm³/mol. The normalized spacial score (nSPS) is 10.1. The van der Waals surface area contributed by atoms with Crippen LogP contribution in [-0.2, 0) is 0 Å². The molecule has 0 aliphatic heterocycles. The fraction of sp³-hybridized carbons (Fsp3) is 0.0909. The van der Waals surface area contributed by atoms with Crippen molar-refractivity contribution in [1.82, 2.24) is 4.98 Å². The second-order valence-corrected chi connectivity index (χ2v) is 4.09. The van der Waals surface area contributed by atoms with Gasteiger partial charge in [0.15, 0.2) is 0 Å². The third-order valence-corrected chi connectivity index (χ3v) is 3.09. The molecule has 1 aromatic carbocycles. The van der Waals surface area contributed by atoms with E-state index in [1.807, 2.05) is 24.3 Å². The summed E-state index contributed by atoms with van der Waals surface area (Å²) in [6.07, 6.45) is 1.37. The van der Waals surface area contributed by atoms with E-state index in [9.17, 15) is 4.79 Å². The number of hydrogen-bond donors (Lipinski definition) is 1. The van der Waals surface area contributed by atoms with Gasteiger partial charge in [-0.2, -0.15) is 0 Å². The van der Waals surface area contributed by atoms with Gasteiger partial charge in [0.25, 0.3) is 0 Å². The summed E-state index contributed by atoms with van der Waals surface area (Å²) in [6, 6.07) is 7.33. The first-order chi connectivity index (χ1) is 7.70. The Morgan fingerprint density at radius 1 is 1.38 bits per heavy atom. The van der Waals surface area contributed by atoms with Crippen molar-refractivity contribution < 1.29 is 14.6 Å². The van der Waals surface area contributed by atoms with Gasteiger partial charge < -0.3 is 9.84 Å². The molecule has 0 unspecified atom stereocenters. The van der Waals surface area contributed by atoms with Crippen molar-refractivity contribution in [2.75, 3.05) is 7.11 Å². The van der Waals surface area contributed by atoms with Crippen molar-refractivity contribution >= 4 is 17.3 Å². The average molecular weight is 235 g/mol. The van der Waals surface area contributed by atoms with Crippen molar-refractivity contribution in [3.63, 3.8) is 0 Å². The number of carboxylic acids is 1. The molecule has 1 heterocycles. The quantitative estimate of drug-likeness (QED) is 0.888. The molecular formula is C11H9NO3S. The van der Waals surface area contributed by atoms with E-state index in [1.54, 1.807) is 7.11 Å². The molecule has 1 N–H and O–H groups in total. The summed E-state index contributed by atoms with van der Waals surface area (Å²) < 4.78 is 5.04. The van der Waals surface area contributed by atoms with Gasteiger partial charge in [0.1, 0.15) is 15.6 Å². The van der Waals surface area contributed by atoms with Gasteiger partial charge in [0.05, 0.1) is 13.3 Å². The van der Waals surface area contributed by atoms with Crippen molar-refractivity contribution in [2.24, 2.45) is 0 Å². The molecule has 0 atom stereocenters. The van der Waals surface area contributed by atoms with Crippen molar-refractivity contribution in [3.8, 4) is 16.3 Å². The number of rotatable bonds is 3. The van der Waals surface area contributed by atoms with Gasteiger partial charge >= 0.3 is 5.97 Å². The van der Waals surface area contributed by atoms with Crippen LogP contribution in [0.2, 0.25) is 0 Å². The summed E-state index contributed by atoms with van der Waals surface area (Å²) in [5.74, 6) is -0.184. The molecular weight excluding hydrogens is 226 g/mol. The second-order valence-electron chi connectivity index (χ2n) is 3.06. The first-order valence-electron chi connectivity index (χ1n) is 4.54. The van der Waals surface area contributed by atoms with E-state index in [0.29, 0.717) is 5.01 Å². The number of methoxy groups -OCH3 is 1. The zero-order valence-corrected chi connectivity index (χ0v) is 9.32. The number of hydrogen-bond acceptors (Lipinski definition) is 4. The number of aromatic nitrogens is 1. The SMILES string of the molecule is COc1ccc(-c2ncc(C(=O)O)s2)cc1. The zero-order chi connectivity index (χ0) is 11.5. The Balaban J connectivity index is 2.31. The minimum atomic E-state index is -0.947. The summed E-state index contributed by atoms with van der Waals surface area (Å²) in [7, 11) is 1.60. The summed E-state index contributed by atoms with van der Waals surface area (Å²) in [4.78, 5) is 15.0. The summed E-state index contributed by atoms with van der Waals surface area (Å²) in [6.45, 7) is 0. The van der Waals surface area contributed by atoms with Crippen LogP contribution in [0.3, 0.4) is 0 Å². The standard InChI is InChI=1S/C11H9NO3S/c1-15-8-4-2-7(3-5-8)10-12-6-9(16-10)11(13)14/h2-6H,1H3,(H,13,14). The van der Waals surface area contributed by atoms with Crippen LogP contribution in [0.15, 0.2) is 30.5 Å². The molecule has 0 radical (unpaired) electrons. The highest BCUT2D eigenvalue weighted by atomic mass is 32.1. The van der Waals surface area contributed by atoms with Gasteiger partial charge in [-0.3, -0.25) is 0 Å². The molecule has 0 fully saturated rings. The lowest BCUT2D eigenvalue weighted by Gasteiger charge is -1.99. The molecule has 0 bridgehead atoms. The first kappa shape index (κ1) is 10.6. The van der Waals surface area contributed by atoms with E-state index in [2.05, 4.69) is 4.98 Å². The maximum absolute atomic E-state index is 10.7. The number of carbonyl (C=O) groups is 1. The largest absolute Gasteiger partial charge is 0.497 e. The molecule has 0 saturated heterocycles. The maximum atomic E-state index is 10.7. The predicted octanol–water partition coefficient (Wildman–Crippen LogP) is 2.52. The van der Waals surface area contributed by atoms with E-state index in [-0.39, 0.29) is 4.88 Å². The number of aromatic carboxylic acids is 1. The van der Waals surface area contributed by atoms with Gasteiger partial charge in [-0.05, 0) is 24.3 Å². The van der Waals surface area contributed by atoms with Crippen molar-refractivity contribution in [2.45, 2.75) is 0 Å². The third kappa shape index (κ3) is 2.04. The average Bonchev–Trinajstić information content (AvgIpc) is 2.78. The molecule has 82 valence electrons. The van der Waals surface area contributed by atoms with E-state index in [4.69, 9.17) is 9.84 Å². The number of benzene rings is 1. The van der Waals surface area contributed by atoms with Crippen LogP contribution in [-0.4, -0.2) is 23.2 Å². The van der Waals surface area contributed by atoms with Gasteiger partial charge in [-0.25, -0.2) is 9.78 Å². The Bertz CT molecular complexity index is 504. The number of carboxylic acid groups (broad SMARTS) is 1. The van der Waals surface area contributed by atoms with Crippen LogP contribution < -0.4 is 4.74 Å². The van der Waals surface area contributed by atoms with E-state index >= 15 is 0 Å². The molecule has 5 heteroatoms. The van der Waals surface area contributed by atoms with Gasteiger partial charge in [-0.1, -0.05) is 0 Å². The highest BCUT2D eigenvalue weighted by Gasteiger charge is 2.09. The van der Waals surface area contributed by atoms with Crippen molar-refractivity contribution in [3.05, 3.63) is 35.3 Å². The summed E-state index contributed by atoms with van der Waals surface area (Å²) in [5, 5.41) is 9.47. The van der Waals surface area contributed by atoms with Gasteiger partial charge in [-0.15, -0.1) is 11.3 Å².